The van der Waals surface area contributed by atoms with Gasteiger partial charge in [-0.05, 0) is 0 Å². The van der Waals surface area contributed by atoms with E-state index >= 15 is 0 Å². The topological polar surface area (TPSA) is 435 Å². The summed E-state index contributed by atoms with van der Waals surface area (Å²) < 4.78 is 88.3. The molecule has 0 aromatic heterocycles. The van der Waals surface area contributed by atoms with Crippen LogP contribution in [0.1, 0.15) is 0 Å². The fourth-order valence-electron chi connectivity index (χ4n) is 2.74. The Morgan fingerprint density at radius 1 is 0.275 bits per heavy atom. The molecule has 0 amide bonds. The van der Waals surface area contributed by atoms with Crippen LogP contribution in [0.4, 0.5) is 0 Å². The minimum atomic E-state index is -6.68. The van der Waals surface area contributed by atoms with Crippen LogP contribution in [0.3, 0.4) is 0 Å². The monoisotopic (exact) mass is 1110 g/mol. The fraction of sp³-hybridized carbons (Fsp3) is 1.00. The SMILES string of the molecule is O=P([O-])([O-])O[C@H]1[C@H](OP(=O)([O-])[O-])[C@@H](OP(=O)([O-])[O-])[C@H](OP(=O)([O-])[O-])[C@@H](OP(=O)([O-])[O-])[C@H]1OP(=O)([O-])[O-].[In+3].[In+3].[In+3].[In+3]. The second kappa shape index (κ2) is 18.6. The van der Waals surface area contributed by atoms with Crippen LogP contribution in [0.5, 0.6) is 0 Å². The second-order valence-electron chi connectivity index (χ2n) is 6.10. The molecule has 40 heavy (non-hydrogen) atoms. The summed E-state index contributed by atoms with van der Waals surface area (Å²) in [6, 6.07) is 0. The molecule has 0 N–H and O–H groups in total. The van der Waals surface area contributed by atoms with Crippen LogP contribution in [0.25, 0.3) is 0 Å². The van der Waals surface area contributed by atoms with Crippen molar-refractivity contribution >= 4 is 150 Å². The van der Waals surface area contributed by atoms with Gasteiger partial charge >= 0.3 is 103 Å². The molecular formula is C6H6In4O24P6. The summed E-state index contributed by atoms with van der Waals surface area (Å²) in [6.45, 7) is 0. The van der Waals surface area contributed by atoms with Gasteiger partial charge in [0.1, 0.15) is 36.6 Å². The summed E-state index contributed by atoms with van der Waals surface area (Å²) in [6.07, 6.45) is -21.5. The zero-order chi connectivity index (χ0) is 28.7. The van der Waals surface area contributed by atoms with E-state index in [9.17, 15) is 86.1 Å². The third-order valence-electron chi connectivity index (χ3n) is 3.45. The molecule has 0 unspecified atom stereocenters. The third-order valence-corrected chi connectivity index (χ3v) is 6.46. The molecule has 34 heteroatoms. The zero-order valence-corrected chi connectivity index (χ0v) is 36.8. The van der Waals surface area contributed by atoms with E-state index in [-0.39, 0.29) is 103 Å². The summed E-state index contributed by atoms with van der Waals surface area (Å²) in [5, 5.41) is 0. The number of rotatable bonds is 12. The van der Waals surface area contributed by atoms with Gasteiger partial charge in [-0.2, -0.15) is 0 Å². The average molecular weight is 1110 g/mol. The van der Waals surface area contributed by atoms with Gasteiger partial charge in [-0.15, -0.1) is 0 Å². The molecule has 0 aliphatic heterocycles. The first-order valence-corrected chi connectivity index (χ1v) is 16.6. The van der Waals surface area contributed by atoms with E-state index in [1.165, 1.54) is 0 Å². The van der Waals surface area contributed by atoms with Gasteiger partial charge in [-0.25, -0.2) is 0 Å². The van der Waals surface area contributed by atoms with E-state index in [0.717, 1.165) is 0 Å². The molecular weight excluding hydrogens is 1100 g/mol. The predicted molar refractivity (Wildman–Crippen MR) is 97.9 cm³/mol. The molecule has 0 radical (unpaired) electrons. The molecule has 1 rings (SSSR count). The molecule has 0 bridgehead atoms. The number of hydrogen-bond donors (Lipinski definition) is 0. The van der Waals surface area contributed by atoms with Gasteiger partial charge < -0.3 is 113 Å². The Labute approximate surface area is 297 Å². The molecule has 1 aliphatic rings. The standard InChI is InChI=1S/C6H18O24P6.4In/c7-31(8,9)25-1-2(26-32(10,11)12)4(28-34(16,17)18)6(30-36(22,23)24)5(29-35(19,20)21)3(1)27-33(13,14)15;;;;/h1-6H,(H2,7,8,9)(H2,10,11,12)(H2,13,14,15)(H2,16,17,18)(H2,19,20,21)(H2,22,23,24);;;;/q;4*+3/p-12/t1-,2-,3-,4+,5-,6-;;;;. The first-order chi connectivity index (χ1) is 15.6. The van der Waals surface area contributed by atoms with Crippen molar-refractivity contribution in [1.29, 1.82) is 0 Å². The molecule has 0 aromatic carbocycles. The van der Waals surface area contributed by atoms with Crippen molar-refractivity contribution in [2.45, 2.75) is 36.6 Å². The van der Waals surface area contributed by atoms with Gasteiger partial charge in [0.15, 0.2) is 0 Å². The maximum Gasteiger partial charge on any atom is 3.00 e. The predicted octanol–water partition coefficient (Wildman–Crippen LogP) is -12.2. The average Bonchev–Trinajstić information content (AvgIpc) is 2.51. The Kier molecular flexibility index (Phi) is 23.7. The Morgan fingerprint density at radius 3 is 0.400 bits per heavy atom. The van der Waals surface area contributed by atoms with Crippen molar-refractivity contribution in [3.63, 3.8) is 0 Å². The molecule has 0 aromatic rings. The van der Waals surface area contributed by atoms with Gasteiger partial charge in [0.2, 0.25) is 0 Å². The first-order valence-electron chi connectivity index (χ1n) is 7.80. The maximum absolute atomic E-state index is 11.1. The Morgan fingerprint density at radius 2 is 0.350 bits per heavy atom. The second-order valence-corrected chi connectivity index (χ2v) is 12.7. The minimum Gasteiger partial charge on any atom is -0.790 e. The van der Waals surface area contributed by atoms with Gasteiger partial charge in [0.25, 0.3) is 0 Å². The van der Waals surface area contributed by atoms with Crippen molar-refractivity contribution in [2.75, 3.05) is 0 Å². The van der Waals surface area contributed by atoms with Crippen LogP contribution < -0.4 is 58.7 Å². The van der Waals surface area contributed by atoms with Crippen LogP contribution >= 0.6 is 46.9 Å². The number of phosphoric ester groups is 6. The number of phosphoric acid groups is 6. The quantitative estimate of drug-likeness (QED) is 0.164. The van der Waals surface area contributed by atoms with Crippen LogP contribution in [0, 0.1) is 0 Å². The summed E-state index contributed by atoms with van der Waals surface area (Å²) in [7, 11) is -40.1. The van der Waals surface area contributed by atoms with Gasteiger partial charge in [0.05, 0.1) is 46.9 Å². The molecule has 0 heterocycles. The zero-order valence-electron chi connectivity index (χ0n) is 18.3. The van der Waals surface area contributed by atoms with E-state index < -0.39 is 83.6 Å². The fourth-order valence-corrected chi connectivity index (χ4v) is 5.96. The smallest absolute Gasteiger partial charge is 0.790 e. The summed E-state index contributed by atoms with van der Waals surface area (Å²) in [5.74, 6) is 0. The van der Waals surface area contributed by atoms with Crippen molar-refractivity contribution in [3.8, 4) is 0 Å². The molecule has 0 atom stereocenters. The van der Waals surface area contributed by atoms with Crippen molar-refractivity contribution in [2.24, 2.45) is 0 Å². The molecule has 1 aliphatic carbocycles. The first kappa shape index (κ1) is 51.0. The van der Waals surface area contributed by atoms with Crippen molar-refractivity contribution in [3.05, 3.63) is 0 Å². The van der Waals surface area contributed by atoms with Crippen LogP contribution in [0.2, 0.25) is 0 Å². The van der Waals surface area contributed by atoms with Gasteiger partial charge in [-0.3, -0.25) is 0 Å². The van der Waals surface area contributed by atoms with E-state index in [1.807, 2.05) is 0 Å². The third kappa shape index (κ3) is 21.1. The van der Waals surface area contributed by atoms with Crippen LogP contribution in [-0.4, -0.2) is 140 Å². The Balaban J connectivity index is -0.00000162. The minimum absolute atomic E-state index is 0. The largest absolute Gasteiger partial charge is 3.00 e. The van der Waals surface area contributed by atoms with Crippen LogP contribution in [-0.2, 0) is 54.5 Å². The Hall–Kier alpha value is 4.14. The summed E-state index contributed by atoms with van der Waals surface area (Å²) in [5.41, 5.74) is 0. The molecule has 0 spiro atoms. The molecule has 1 fully saturated rings. The van der Waals surface area contributed by atoms with E-state index in [4.69, 9.17) is 0 Å². The molecule has 24 nitrogen and oxygen atoms in total. The summed E-state index contributed by atoms with van der Waals surface area (Å²) >= 11 is 0. The van der Waals surface area contributed by atoms with Crippen LogP contribution in [0.15, 0.2) is 0 Å². The number of hydrogen-bond acceptors (Lipinski definition) is 24. The van der Waals surface area contributed by atoms with Gasteiger partial charge in [0, 0.05) is 0 Å². The van der Waals surface area contributed by atoms with Crippen molar-refractivity contribution < 1.29 is 113 Å². The van der Waals surface area contributed by atoms with E-state index in [1.54, 1.807) is 0 Å². The van der Waals surface area contributed by atoms with Gasteiger partial charge in [-0.1, -0.05) is 0 Å². The normalized spacial score (nSPS) is 26.4. The molecule has 1 saturated carbocycles. The molecule has 216 valence electrons. The maximum atomic E-state index is 11.1. The Bertz CT molecular complexity index is 837. The summed E-state index contributed by atoms with van der Waals surface area (Å²) in [4.78, 5) is 133. The van der Waals surface area contributed by atoms with E-state index in [2.05, 4.69) is 27.1 Å². The molecule has 0 saturated heterocycles. The van der Waals surface area contributed by atoms with E-state index in [0.29, 0.717) is 0 Å². The van der Waals surface area contributed by atoms with Crippen molar-refractivity contribution in [1.82, 2.24) is 0 Å².